The highest BCUT2D eigenvalue weighted by atomic mass is 35.5. The maximum absolute atomic E-state index is 9.40. The number of fused-ring (bicyclic) bond motifs is 1. The number of nitrogens with zero attached hydrogens (tertiary/aromatic N) is 3. The average Bonchev–Trinajstić information content (AvgIpc) is 2.96. The van der Waals surface area contributed by atoms with Gasteiger partial charge in [0.2, 0.25) is 5.88 Å². The van der Waals surface area contributed by atoms with Crippen LogP contribution in [0.3, 0.4) is 0 Å². The fourth-order valence-corrected chi connectivity index (χ4v) is 2.41. The standard InChI is InChI=1S/C13H19N5O3.2ClH/c19-7-9(20)8-21-13-11-10(18-5-3-14-4-6-18)1-2-15-12(11)16-17-13;;/h1-2,9,14,19-20H,3-8H2,(H,15,16,17);2*1H. The summed E-state index contributed by atoms with van der Waals surface area (Å²) in [5.74, 6) is 0.402. The number of anilines is 1. The van der Waals surface area contributed by atoms with E-state index in [1.54, 1.807) is 6.20 Å². The molecule has 0 aromatic carbocycles. The summed E-state index contributed by atoms with van der Waals surface area (Å²) in [5, 5.41) is 29.3. The first-order valence-corrected chi connectivity index (χ1v) is 7.00. The second-order valence-corrected chi connectivity index (χ2v) is 4.97. The van der Waals surface area contributed by atoms with Gasteiger partial charge < -0.3 is 25.2 Å². The second-order valence-electron chi connectivity index (χ2n) is 4.97. The predicted molar refractivity (Wildman–Crippen MR) is 92.1 cm³/mol. The number of H-pyrrole nitrogens is 1. The Balaban J connectivity index is 0.00000132. The Bertz CT molecular complexity index is 606. The number of aromatic nitrogens is 3. The molecule has 3 heterocycles. The molecule has 0 saturated carbocycles. The van der Waals surface area contributed by atoms with Gasteiger partial charge in [0.25, 0.3) is 0 Å². The van der Waals surface area contributed by atoms with Gasteiger partial charge in [0.1, 0.15) is 18.1 Å². The molecule has 1 aliphatic rings. The number of piperazine rings is 1. The molecule has 8 nitrogen and oxygen atoms in total. The number of nitrogens with one attached hydrogen (secondary N) is 2. The highest BCUT2D eigenvalue weighted by molar-refractivity contribution is 5.93. The van der Waals surface area contributed by atoms with Crippen molar-refractivity contribution in [3.63, 3.8) is 0 Å². The Morgan fingerprint density at radius 3 is 2.74 bits per heavy atom. The van der Waals surface area contributed by atoms with Crippen LogP contribution in [0.2, 0.25) is 0 Å². The summed E-state index contributed by atoms with van der Waals surface area (Å²) in [4.78, 5) is 6.51. The number of aliphatic hydroxyl groups excluding tert-OH is 2. The molecule has 1 unspecified atom stereocenters. The van der Waals surface area contributed by atoms with Crippen molar-refractivity contribution in [3.8, 4) is 5.88 Å². The maximum atomic E-state index is 9.40. The molecule has 23 heavy (non-hydrogen) atoms. The second kappa shape index (κ2) is 9.09. The molecule has 1 atom stereocenters. The fraction of sp³-hybridized carbons (Fsp3) is 0.538. The van der Waals surface area contributed by atoms with Gasteiger partial charge in [0.15, 0.2) is 5.65 Å². The van der Waals surface area contributed by atoms with E-state index in [2.05, 4.69) is 25.4 Å². The monoisotopic (exact) mass is 365 g/mol. The molecule has 0 bridgehead atoms. The minimum Gasteiger partial charge on any atom is -0.473 e. The molecule has 1 aliphatic heterocycles. The van der Waals surface area contributed by atoms with Crippen LogP contribution in [0, 0.1) is 0 Å². The van der Waals surface area contributed by atoms with Crippen LogP contribution < -0.4 is 15.0 Å². The van der Waals surface area contributed by atoms with Gasteiger partial charge >= 0.3 is 0 Å². The van der Waals surface area contributed by atoms with Crippen LogP contribution in [0.1, 0.15) is 0 Å². The van der Waals surface area contributed by atoms with Crippen LogP contribution in [0.5, 0.6) is 5.88 Å². The summed E-state index contributed by atoms with van der Waals surface area (Å²) in [7, 11) is 0. The highest BCUT2D eigenvalue weighted by Crippen LogP contribution is 2.31. The zero-order valence-corrected chi connectivity index (χ0v) is 14.1. The molecular weight excluding hydrogens is 345 g/mol. The number of pyridine rings is 1. The molecule has 0 amide bonds. The molecule has 2 aromatic heterocycles. The minimum absolute atomic E-state index is 0. The Labute approximate surface area is 146 Å². The van der Waals surface area contributed by atoms with Gasteiger partial charge in [-0.15, -0.1) is 29.9 Å². The lowest BCUT2D eigenvalue weighted by atomic mass is 10.2. The van der Waals surface area contributed by atoms with Crippen LogP contribution in [0.15, 0.2) is 12.3 Å². The van der Waals surface area contributed by atoms with E-state index >= 15 is 0 Å². The first-order chi connectivity index (χ1) is 10.3. The van der Waals surface area contributed by atoms with Gasteiger partial charge in [-0.1, -0.05) is 0 Å². The third-order valence-corrected chi connectivity index (χ3v) is 3.49. The lowest BCUT2D eigenvalue weighted by Crippen LogP contribution is -2.43. The molecule has 0 spiro atoms. The summed E-state index contributed by atoms with van der Waals surface area (Å²) in [6.45, 7) is 3.33. The van der Waals surface area contributed by atoms with Crippen molar-refractivity contribution in [2.45, 2.75) is 6.10 Å². The van der Waals surface area contributed by atoms with Crippen molar-refractivity contribution in [2.75, 3.05) is 44.3 Å². The maximum Gasteiger partial charge on any atom is 0.244 e. The Hall–Kier alpha value is -1.32. The number of hydrogen-bond acceptors (Lipinski definition) is 7. The van der Waals surface area contributed by atoms with E-state index < -0.39 is 6.10 Å². The average molecular weight is 366 g/mol. The Kier molecular flexibility index (Phi) is 7.80. The summed E-state index contributed by atoms with van der Waals surface area (Å²) in [5.41, 5.74) is 1.67. The molecule has 1 saturated heterocycles. The SMILES string of the molecule is Cl.Cl.OCC(O)COc1n[nH]c2nccc(N3CCNCC3)c12. The van der Waals surface area contributed by atoms with E-state index in [4.69, 9.17) is 9.84 Å². The number of rotatable bonds is 5. The van der Waals surface area contributed by atoms with E-state index in [1.807, 2.05) is 6.07 Å². The van der Waals surface area contributed by atoms with Gasteiger partial charge in [-0.3, -0.25) is 5.10 Å². The van der Waals surface area contributed by atoms with Gasteiger partial charge in [-0.2, -0.15) is 0 Å². The minimum atomic E-state index is -0.920. The third-order valence-electron chi connectivity index (χ3n) is 3.49. The number of aliphatic hydroxyl groups is 2. The first-order valence-electron chi connectivity index (χ1n) is 7.00. The van der Waals surface area contributed by atoms with Crippen molar-refractivity contribution < 1.29 is 14.9 Å². The molecule has 0 radical (unpaired) electrons. The highest BCUT2D eigenvalue weighted by Gasteiger charge is 2.19. The number of aromatic amines is 1. The summed E-state index contributed by atoms with van der Waals surface area (Å²) >= 11 is 0. The van der Waals surface area contributed by atoms with E-state index in [-0.39, 0.29) is 38.0 Å². The zero-order valence-electron chi connectivity index (χ0n) is 12.4. The van der Waals surface area contributed by atoms with Crippen LogP contribution in [0.4, 0.5) is 5.69 Å². The molecule has 0 aliphatic carbocycles. The Morgan fingerprint density at radius 2 is 2.04 bits per heavy atom. The molecular formula is C13H21Cl2N5O3. The quantitative estimate of drug-likeness (QED) is 0.588. The van der Waals surface area contributed by atoms with Crippen LogP contribution in [-0.4, -0.2) is 70.9 Å². The number of halogens is 2. The lowest BCUT2D eigenvalue weighted by Gasteiger charge is -2.29. The summed E-state index contributed by atoms with van der Waals surface area (Å²) in [6, 6.07) is 1.94. The Morgan fingerprint density at radius 1 is 1.30 bits per heavy atom. The van der Waals surface area contributed by atoms with Gasteiger partial charge in [-0.05, 0) is 6.07 Å². The first kappa shape index (κ1) is 19.7. The van der Waals surface area contributed by atoms with E-state index in [0.29, 0.717) is 11.5 Å². The predicted octanol–water partition coefficient (Wildman–Crippen LogP) is -0.0569. The van der Waals surface area contributed by atoms with E-state index in [0.717, 1.165) is 37.3 Å². The van der Waals surface area contributed by atoms with E-state index in [1.165, 1.54) is 0 Å². The largest absolute Gasteiger partial charge is 0.473 e. The smallest absolute Gasteiger partial charge is 0.244 e. The third kappa shape index (κ3) is 4.36. The topological polar surface area (TPSA) is 107 Å². The van der Waals surface area contributed by atoms with Crippen molar-refractivity contribution in [1.82, 2.24) is 20.5 Å². The van der Waals surface area contributed by atoms with Crippen molar-refractivity contribution in [2.24, 2.45) is 0 Å². The van der Waals surface area contributed by atoms with Crippen LogP contribution in [0.25, 0.3) is 11.0 Å². The normalized spacial score (nSPS) is 15.7. The fourth-order valence-electron chi connectivity index (χ4n) is 2.41. The van der Waals surface area contributed by atoms with Crippen LogP contribution in [-0.2, 0) is 0 Å². The lowest BCUT2D eigenvalue weighted by molar-refractivity contribution is 0.0526. The molecule has 2 aromatic rings. The summed E-state index contributed by atoms with van der Waals surface area (Å²) in [6.07, 6.45) is 0.820. The van der Waals surface area contributed by atoms with Crippen LogP contribution >= 0.6 is 24.8 Å². The van der Waals surface area contributed by atoms with Gasteiger partial charge in [0, 0.05) is 32.4 Å². The molecule has 1 fully saturated rings. The number of hydrogen-bond donors (Lipinski definition) is 4. The van der Waals surface area contributed by atoms with Crippen molar-refractivity contribution >= 4 is 41.5 Å². The van der Waals surface area contributed by atoms with Gasteiger partial charge in [-0.25, -0.2) is 4.98 Å². The molecule has 130 valence electrons. The van der Waals surface area contributed by atoms with Crippen molar-refractivity contribution in [3.05, 3.63) is 12.3 Å². The van der Waals surface area contributed by atoms with Gasteiger partial charge in [0.05, 0.1) is 12.3 Å². The molecule has 3 rings (SSSR count). The molecule has 10 heteroatoms. The van der Waals surface area contributed by atoms with Crippen molar-refractivity contribution in [1.29, 1.82) is 0 Å². The molecule has 4 N–H and O–H groups in total. The summed E-state index contributed by atoms with van der Waals surface area (Å²) < 4.78 is 5.51. The number of ether oxygens (including phenoxy) is 1. The van der Waals surface area contributed by atoms with E-state index in [9.17, 15) is 5.11 Å². The zero-order chi connectivity index (χ0) is 14.7.